The van der Waals surface area contributed by atoms with Crippen LogP contribution in [0.2, 0.25) is 0 Å². The van der Waals surface area contributed by atoms with Gasteiger partial charge in [-0.25, -0.2) is 4.98 Å². The van der Waals surface area contributed by atoms with E-state index < -0.39 is 0 Å². The average Bonchev–Trinajstić information content (AvgIpc) is 2.79. The lowest BCUT2D eigenvalue weighted by Crippen LogP contribution is -2.49. The molecule has 1 atom stereocenters. The minimum Gasteiger partial charge on any atom is -0.497 e. The number of pyridine rings is 1. The number of piperidine rings is 1. The first-order chi connectivity index (χ1) is 14.3. The van der Waals surface area contributed by atoms with Crippen LogP contribution in [0.3, 0.4) is 0 Å². The van der Waals surface area contributed by atoms with E-state index in [1.165, 1.54) is 0 Å². The molecular weight excluding hydrogens is 362 g/mol. The molecule has 5 heteroatoms. The van der Waals surface area contributed by atoms with Crippen LogP contribution in [0, 0.1) is 0 Å². The number of nitrogens with zero attached hydrogens (tertiary/aromatic N) is 2. The van der Waals surface area contributed by atoms with E-state index >= 15 is 0 Å². The second-order valence-corrected chi connectivity index (χ2v) is 7.47. The minimum atomic E-state index is 0.123. The summed E-state index contributed by atoms with van der Waals surface area (Å²) in [4.78, 5) is 20.0. The summed E-state index contributed by atoms with van der Waals surface area (Å²) >= 11 is 0. The van der Waals surface area contributed by atoms with Crippen molar-refractivity contribution in [2.24, 2.45) is 0 Å². The Morgan fingerprint density at radius 2 is 2.00 bits per heavy atom. The largest absolute Gasteiger partial charge is 0.497 e. The predicted molar refractivity (Wildman–Crippen MR) is 116 cm³/mol. The standard InChI is InChI=1S/C24H27N3O2/c1-29-21-11-8-18(9-12-21)10-13-23(28)27(20-6-4-15-25-17-20)24-22-7-3-2-5-19(22)14-16-26-24/h2-3,5,7-9,11-12,14,16,20,25H,4,6,10,13,15,17H2,1H3. The van der Waals surface area contributed by atoms with Gasteiger partial charge in [-0.15, -0.1) is 0 Å². The Hall–Kier alpha value is -2.92. The minimum absolute atomic E-state index is 0.123. The van der Waals surface area contributed by atoms with Crippen LogP contribution in [0.4, 0.5) is 5.82 Å². The molecule has 2 heterocycles. The molecule has 1 amide bonds. The Bertz CT molecular complexity index is 960. The van der Waals surface area contributed by atoms with Gasteiger partial charge in [-0.2, -0.15) is 0 Å². The molecule has 150 valence electrons. The van der Waals surface area contributed by atoms with Crippen LogP contribution in [0.25, 0.3) is 10.8 Å². The van der Waals surface area contributed by atoms with Gasteiger partial charge in [-0.1, -0.05) is 36.4 Å². The van der Waals surface area contributed by atoms with Gasteiger partial charge in [0, 0.05) is 24.5 Å². The smallest absolute Gasteiger partial charge is 0.228 e. The van der Waals surface area contributed by atoms with Crippen LogP contribution in [0.1, 0.15) is 24.8 Å². The lowest BCUT2D eigenvalue weighted by molar-refractivity contribution is -0.119. The molecule has 1 saturated heterocycles. The Kier molecular flexibility index (Phi) is 6.06. The molecule has 0 bridgehead atoms. The van der Waals surface area contributed by atoms with Gasteiger partial charge < -0.3 is 10.1 Å². The molecule has 1 aliphatic rings. The number of nitrogens with one attached hydrogen (secondary N) is 1. The van der Waals surface area contributed by atoms with Crippen molar-refractivity contribution in [2.75, 3.05) is 25.1 Å². The number of rotatable bonds is 6. The molecule has 3 aromatic rings. The molecule has 1 fully saturated rings. The fraction of sp³-hybridized carbons (Fsp3) is 0.333. The van der Waals surface area contributed by atoms with Crippen LogP contribution in [0.15, 0.2) is 60.8 Å². The van der Waals surface area contributed by atoms with Gasteiger partial charge in [0.15, 0.2) is 0 Å². The summed E-state index contributed by atoms with van der Waals surface area (Å²) < 4.78 is 5.22. The molecule has 1 aromatic heterocycles. The maximum atomic E-state index is 13.4. The fourth-order valence-electron chi connectivity index (χ4n) is 4.01. The molecule has 1 unspecified atom stereocenters. The number of carbonyl (C=O) groups is 1. The number of hydrogen-bond acceptors (Lipinski definition) is 4. The zero-order valence-electron chi connectivity index (χ0n) is 16.8. The second-order valence-electron chi connectivity index (χ2n) is 7.47. The van der Waals surface area contributed by atoms with Gasteiger partial charge >= 0.3 is 0 Å². The molecule has 1 N–H and O–H groups in total. The third kappa shape index (κ3) is 4.40. The van der Waals surface area contributed by atoms with Gasteiger partial charge in [0.25, 0.3) is 0 Å². The summed E-state index contributed by atoms with van der Waals surface area (Å²) in [5.74, 6) is 1.73. The molecule has 5 nitrogen and oxygen atoms in total. The number of fused-ring (bicyclic) bond motifs is 1. The monoisotopic (exact) mass is 389 g/mol. The van der Waals surface area contributed by atoms with Gasteiger partial charge in [0.2, 0.25) is 5.91 Å². The van der Waals surface area contributed by atoms with Crippen molar-refractivity contribution in [1.82, 2.24) is 10.3 Å². The SMILES string of the molecule is COc1ccc(CCC(=O)N(c2nccc3ccccc23)C2CCCNC2)cc1. The van der Waals surface area contributed by atoms with E-state index in [1.54, 1.807) is 13.3 Å². The lowest BCUT2D eigenvalue weighted by atomic mass is 10.0. The molecule has 29 heavy (non-hydrogen) atoms. The molecule has 1 aliphatic heterocycles. The van der Waals surface area contributed by atoms with Crippen molar-refractivity contribution < 1.29 is 9.53 Å². The summed E-state index contributed by atoms with van der Waals surface area (Å²) in [6.07, 6.45) is 5.01. The Labute approximate surface area is 171 Å². The maximum Gasteiger partial charge on any atom is 0.228 e. The van der Waals surface area contributed by atoms with Crippen molar-refractivity contribution in [3.8, 4) is 5.75 Å². The Balaban J connectivity index is 1.60. The molecule has 0 radical (unpaired) electrons. The summed E-state index contributed by atoms with van der Waals surface area (Å²) in [6, 6.07) is 18.2. The number of amides is 1. The van der Waals surface area contributed by atoms with Crippen LogP contribution < -0.4 is 15.0 Å². The van der Waals surface area contributed by atoms with Crippen LogP contribution in [-0.2, 0) is 11.2 Å². The number of aryl methyl sites for hydroxylation is 1. The Morgan fingerprint density at radius 3 is 2.76 bits per heavy atom. The first-order valence-corrected chi connectivity index (χ1v) is 10.3. The number of benzene rings is 2. The van der Waals surface area contributed by atoms with E-state index in [0.717, 1.165) is 53.8 Å². The predicted octanol–water partition coefficient (Wildman–Crippen LogP) is 3.96. The van der Waals surface area contributed by atoms with Crippen LogP contribution in [-0.4, -0.2) is 37.1 Å². The molecule has 0 spiro atoms. The molecule has 0 aliphatic carbocycles. The third-order valence-electron chi connectivity index (χ3n) is 5.57. The molecule has 2 aromatic carbocycles. The highest BCUT2D eigenvalue weighted by Crippen LogP contribution is 2.28. The average molecular weight is 389 g/mol. The number of methoxy groups -OCH3 is 1. The third-order valence-corrected chi connectivity index (χ3v) is 5.57. The fourth-order valence-corrected chi connectivity index (χ4v) is 4.01. The van der Waals surface area contributed by atoms with Crippen LogP contribution >= 0.6 is 0 Å². The van der Waals surface area contributed by atoms with Gasteiger partial charge in [0.1, 0.15) is 11.6 Å². The summed E-state index contributed by atoms with van der Waals surface area (Å²) in [5, 5.41) is 5.57. The van der Waals surface area contributed by atoms with E-state index in [9.17, 15) is 4.79 Å². The normalized spacial score (nSPS) is 16.5. The number of aromatic nitrogens is 1. The number of carbonyl (C=O) groups excluding carboxylic acids is 1. The zero-order valence-corrected chi connectivity index (χ0v) is 16.8. The van der Waals surface area contributed by atoms with Gasteiger partial charge in [-0.3, -0.25) is 9.69 Å². The number of hydrogen-bond donors (Lipinski definition) is 1. The van der Waals surface area contributed by atoms with Crippen molar-refractivity contribution >= 4 is 22.5 Å². The first-order valence-electron chi connectivity index (χ1n) is 10.3. The topological polar surface area (TPSA) is 54.5 Å². The van der Waals surface area contributed by atoms with Crippen molar-refractivity contribution in [2.45, 2.75) is 31.7 Å². The van der Waals surface area contributed by atoms with E-state index in [1.807, 2.05) is 47.4 Å². The maximum absolute atomic E-state index is 13.4. The summed E-state index contributed by atoms with van der Waals surface area (Å²) in [7, 11) is 1.66. The second kappa shape index (κ2) is 9.05. The summed E-state index contributed by atoms with van der Waals surface area (Å²) in [5.41, 5.74) is 1.13. The Morgan fingerprint density at radius 1 is 1.17 bits per heavy atom. The first kappa shape index (κ1) is 19.4. The van der Waals surface area contributed by atoms with Crippen molar-refractivity contribution in [1.29, 1.82) is 0 Å². The summed E-state index contributed by atoms with van der Waals surface area (Å²) in [6.45, 7) is 1.81. The van der Waals surface area contributed by atoms with Crippen molar-refractivity contribution in [3.05, 3.63) is 66.4 Å². The molecular formula is C24H27N3O2. The zero-order chi connectivity index (χ0) is 20.1. The van der Waals surface area contributed by atoms with E-state index in [4.69, 9.17) is 4.74 Å². The van der Waals surface area contributed by atoms with Crippen LogP contribution in [0.5, 0.6) is 5.75 Å². The van der Waals surface area contributed by atoms with E-state index in [0.29, 0.717) is 12.8 Å². The van der Waals surface area contributed by atoms with E-state index in [-0.39, 0.29) is 11.9 Å². The highest BCUT2D eigenvalue weighted by molar-refractivity contribution is 6.02. The van der Waals surface area contributed by atoms with E-state index in [2.05, 4.69) is 22.4 Å². The van der Waals surface area contributed by atoms with Gasteiger partial charge in [0.05, 0.1) is 13.2 Å². The number of ether oxygens (including phenoxy) is 1. The molecule has 0 saturated carbocycles. The molecule has 4 rings (SSSR count). The quantitative estimate of drug-likeness (QED) is 0.693. The highest BCUT2D eigenvalue weighted by Gasteiger charge is 2.28. The van der Waals surface area contributed by atoms with Crippen molar-refractivity contribution in [3.63, 3.8) is 0 Å². The number of anilines is 1. The van der Waals surface area contributed by atoms with Gasteiger partial charge in [-0.05, 0) is 55.0 Å². The lowest BCUT2D eigenvalue weighted by Gasteiger charge is -2.34. The highest BCUT2D eigenvalue weighted by atomic mass is 16.5.